The lowest BCUT2D eigenvalue weighted by atomic mass is 9.93. The van der Waals surface area contributed by atoms with Crippen LogP contribution in [0.5, 0.6) is 17.2 Å². The monoisotopic (exact) mass is 524 g/mol. The first kappa shape index (κ1) is 24.7. The molecule has 0 spiro atoms. The lowest BCUT2D eigenvalue weighted by molar-refractivity contribution is -0.139. The van der Waals surface area contributed by atoms with E-state index in [0.717, 1.165) is 23.4 Å². The van der Waals surface area contributed by atoms with E-state index in [1.807, 2.05) is 0 Å². The number of Topliss-reactive ketones (excluding diaryl/α,β-unsaturated/α-hetero) is 1. The van der Waals surface area contributed by atoms with E-state index in [-0.39, 0.29) is 5.78 Å². The summed E-state index contributed by atoms with van der Waals surface area (Å²) >= 11 is 12.8. The number of carboxylic acid groups (broad SMARTS) is 1. The van der Waals surface area contributed by atoms with Crippen molar-refractivity contribution in [3.8, 4) is 17.2 Å². The zero-order chi connectivity index (χ0) is 25.2. The molecule has 0 bridgehead atoms. The minimum absolute atomic E-state index is 0.0622. The van der Waals surface area contributed by atoms with Gasteiger partial charge in [-0.25, -0.2) is 0 Å². The fourth-order valence-corrected chi connectivity index (χ4v) is 5.08. The summed E-state index contributed by atoms with van der Waals surface area (Å²) in [6, 6.07) is 16.4. The number of aliphatic carboxylic acids is 1. The van der Waals surface area contributed by atoms with Gasteiger partial charge in [0, 0.05) is 28.6 Å². The summed E-state index contributed by atoms with van der Waals surface area (Å²) in [6.07, 6.45) is 4.81. The van der Waals surface area contributed by atoms with Crippen LogP contribution in [0.15, 0.2) is 54.6 Å². The molecule has 2 aliphatic rings. The maximum atomic E-state index is 12.7. The highest BCUT2D eigenvalue weighted by Gasteiger charge is 2.29. The lowest BCUT2D eigenvalue weighted by Crippen LogP contribution is -2.20. The van der Waals surface area contributed by atoms with Crippen LogP contribution < -0.4 is 9.47 Å². The van der Waals surface area contributed by atoms with E-state index >= 15 is 0 Å². The highest BCUT2D eigenvalue weighted by molar-refractivity contribution is 6.32. The third-order valence-corrected chi connectivity index (χ3v) is 7.43. The van der Waals surface area contributed by atoms with Crippen LogP contribution in [-0.2, 0) is 11.2 Å². The number of halogens is 2. The Hall–Kier alpha value is -3.02. The van der Waals surface area contributed by atoms with Crippen LogP contribution in [0.3, 0.4) is 0 Å². The first-order chi connectivity index (χ1) is 17.4. The average molecular weight is 525 g/mol. The predicted octanol–water partition coefficient (Wildman–Crippen LogP) is 7.82. The van der Waals surface area contributed by atoms with Gasteiger partial charge in [-0.2, -0.15) is 0 Å². The van der Waals surface area contributed by atoms with Crippen molar-refractivity contribution >= 4 is 35.0 Å². The molecule has 5 nitrogen and oxygen atoms in total. The number of hydrogen-bond acceptors (Lipinski definition) is 4. The molecule has 0 aromatic heterocycles. The minimum atomic E-state index is -0.904. The maximum Gasteiger partial charge on any atom is 0.311 e. The van der Waals surface area contributed by atoms with Crippen molar-refractivity contribution in [3.63, 3.8) is 0 Å². The summed E-state index contributed by atoms with van der Waals surface area (Å²) in [5.41, 5.74) is 3.56. The molecule has 1 fully saturated rings. The van der Waals surface area contributed by atoms with Crippen molar-refractivity contribution in [2.75, 3.05) is 6.61 Å². The van der Waals surface area contributed by atoms with Gasteiger partial charge in [-0.15, -0.1) is 0 Å². The van der Waals surface area contributed by atoms with E-state index in [0.29, 0.717) is 58.8 Å². The molecule has 0 amide bonds. The fraction of sp³-hybridized carbons (Fsp3) is 0.310. The van der Waals surface area contributed by atoms with Gasteiger partial charge in [0.05, 0.1) is 17.5 Å². The molecule has 1 heterocycles. The second-order valence-electron chi connectivity index (χ2n) is 9.38. The van der Waals surface area contributed by atoms with Crippen LogP contribution in [0.25, 0.3) is 0 Å². The van der Waals surface area contributed by atoms with Crippen LogP contribution in [0.1, 0.15) is 71.0 Å². The Bertz CT molecular complexity index is 1300. The van der Waals surface area contributed by atoms with Gasteiger partial charge in [0.1, 0.15) is 17.2 Å². The maximum absolute atomic E-state index is 12.7. The lowest BCUT2D eigenvalue weighted by Gasteiger charge is -2.24. The van der Waals surface area contributed by atoms with Crippen LogP contribution in [0.2, 0.25) is 10.0 Å². The quantitative estimate of drug-likeness (QED) is 0.289. The molecular formula is C29H26Cl2O5. The molecule has 186 valence electrons. The van der Waals surface area contributed by atoms with Crippen LogP contribution in [-0.4, -0.2) is 23.5 Å². The molecule has 1 saturated carbocycles. The molecule has 0 saturated heterocycles. The first-order valence-corrected chi connectivity index (χ1v) is 12.9. The van der Waals surface area contributed by atoms with Crippen molar-refractivity contribution in [2.45, 2.75) is 50.4 Å². The van der Waals surface area contributed by atoms with Gasteiger partial charge in [-0.3, -0.25) is 9.59 Å². The van der Waals surface area contributed by atoms with E-state index in [4.69, 9.17) is 32.7 Å². The number of hydrogen-bond donors (Lipinski definition) is 1. The number of fused-ring (bicyclic) bond motifs is 1. The molecular weight excluding hydrogens is 499 g/mol. The number of rotatable bonds is 9. The van der Waals surface area contributed by atoms with E-state index in [1.165, 1.54) is 18.4 Å². The van der Waals surface area contributed by atoms with Crippen molar-refractivity contribution < 1.29 is 24.2 Å². The highest BCUT2D eigenvalue weighted by atomic mass is 35.5. The number of carboxylic acids is 1. The predicted molar refractivity (Wildman–Crippen MR) is 139 cm³/mol. The van der Waals surface area contributed by atoms with E-state index in [9.17, 15) is 14.7 Å². The zero-order valence-corrected chi connectivity index (χ0v) is 21.1. The number of aryl methyl sites for hydroxylation is 1. The molecule has 7 heteroatoms. The number of carbonyl (C=O) groups is 2. The summed E-state index contributed by atoms with van der Waals surface area (Å²) in [5, 5.41) is 10.5. The van der Waals surface area contributed by atoms with Crippen molar-refractivity contribution in [1.29, 1.82) is 0 Å². The standard InChI is InChI=1S/C29H26Cl2O5/c30-24-14-20(17-4-5-17)7-6-18(24)2-1-3-26(32)19-8-10-21(11-9-19)36-28-16-27-23(15-25(28)31)22(29(33)34)12-13-35-27/h6-11,14-17,22H,1-5,12-13H2,(H,33,34). The van der Waals surface area contributed by atoms with Crippen molar-refractivity contribution in [2.24, 2.45) is 0 Å². The Balaban J connectivity index is 1.18. The molecule has 0 radical (unpaired) electrons. The van der Waals surface area contributed by atoms with Crippen molar-refractivity contribution in [3.05, 3.63) is 86.9 Å². The molecule has 5 rings (SSSR count). The van der Waals surface area contributed by atoms with Gasteiger partial charge in [0.15, 0.2) is 5.78 Å². The molecule has 1 atom stereocenters. The molecule has 1 unspecified atom stereocenters. The Morgan fingerprint density at radius 2 is 1.75 bits per heavy atom. The van der Waals surface area contributed by atoms with Gasteiger partial charge in [0.25, 0.3) is 0 Å². The molecule has 3 aromatic carbocycles. The summed E-state index contributed by atoms with van der Waals surface area (Å²) in [6.45, 7) is 0.319. The average Bonchev–Trinajstić information content (AvgIpc) is 3.71. The topological polar surface area (TPSA) is 72.8 Å². The number of ketones is 1. The molecule has 1 aliphatic heterocycles. The number of benzene rings is 3. The second kappa shape index (κ2) is 10.5. The zero-order valence-electron chi connectivity index (χ0n) is 19.6. The summed E-state index contributed by atoms with van der Waals surface area (Å²) in [7, 11) is 0. The Morgan fingerprint density at radius 3 is 2.44 bits per heavy atom. The van der Waals surface area contributed by atoms with Gasteiger partial charge in [0.2, 0.25) is 0 Å². The van der Waals surface area contributed by atoms with Gasteiger partial charge in [-0.1, -0.05) is 35.3 Å². The third kappa shape index (κ3) is 5.53. The van der Waals surface area contributed by atoms with Crippen LogP contribution >= 0.6 is 23.2 Å². The number of carbonyl (C=O) groups excluding carboxylic acids is 1. The molecule has 1 N–H and O–H groups in total. The number of ether oxygens (including phenoxy) is 2. The van der Waals surface area contributed by atoms with Crippen LogP contribution in [0.4, 0.5) is 0 Å². The van der Waals surface area contributed by atoms with Gasteiger partial charge < -0.3 is 14.6 Å². The van der Waals surface area contributed by atoms with E-state index in [2.05, 4.69) is 18.2 Å². The third-order valence-electron chi connectivity index (χ3n) is 6.78. The smallest absolute Gasteiger partial charge is 0.311 e. The summed E-state index contributed by atoms with van der Waals surface area (Å²) in [5.74, 6) is 0.523. The van der Waals surface area contributed by atoms with E-state index < -0.39 is 11.9 Å². The molecule has 3 aromatic rings. The van der Waals surface area contributed by atoms with Gasteiger partial charge in [-0.05, 0) is 85.5 Å². The SMILES string of the molecule is O=C(CCCc1ccc(C2CC2)cc1Cl)c1ccc(Oc2cc3c(cc2Cl)C(C(=O)O)CCO3)cc1. The van der Waals surface area contributed by atoms with Crippen molar-refractivity contribution in [1.82, 2.24) is 0 Å². The Kier molecular flexibility index (Phi) is 7.22. The normalized spacial score (nSPS) is 16.7. The molecule has 36 heavy (non-hydrogen) atoms. The largest absolute Gasteiger partial charge is 0.493 e. The summed E-state index contributed by atoms with van der Waals surface area (Å²) in [4.78, 5) is 24.2. The Labute approximate surface area is 219 Å². The van der Waals surface area contributed by atoms with Crippen LogP contribution in [0, 0.1) is 0 Å². The minimum Gasteiger partial charge on any atom is -0.493 e. The second-order valence-corrected chi connectivity index (χ2v) is 10.2. The Morgan fingerprint density at radius 1 is 0.972 bits per heavy atom. The first-order valence-electron chi connectivity index (χ1n) is 12.2. The molecule has 1 aliphatic carbocycles. The van der Waals surface area contributed by atoms with E-state index in [1.54, 1.807) is 36.4 Å². The van der Waals surface area contributed by atoms with Gasteiger partial charge >= 0.3 is 5.97 Å². The summed E-state index contributed by atoms with van der Waals surface area (Å²) < 4.78 is 11.5. The fourth-order valence-electron chi connectivity index (χ4n) is 4.58. The highest BCUT2D eigenvalue weighted by Crippen LogP contribution is 2.42.